The van der Waals surface area contributed by atoms with E-state index in [0.717, 1.165) is 22.0 Å². The van der Waals surface area contributed by atoms with Gasteiger partial charge in [-0.1, -0.05) is 6.92 Å². The van der Waals surface area contributed by atoms with Crippen LogP contribution in [0.4, 0.5) is 0 Å². The fraction of sp³-hybridized carbons (Fsp3) is 0.714. The Labute approximate surface area is 137 Å². The second-order valence-electron chi connectivity index (χ2n) is 6.10. The summed E-state index contributed by atoms with van der Waals surface area (Å²) in [4.78, 5) is 12.5. The number of amides is 1. The lowest BCUT2D eigenvalue weighted by molar-refractivity contribution is -0.125. The second-order valence-corrected chi connectivity index (χ2v) is 7.87. The van der Waals surface area contributed by atoms with Crippen molar-refractivity contribution in [2.75, 3.05) is 7.05 Å². The number of nitrogens with one attached hydrogen (secondary N) is 2. The number of hydrogen-bond donors (Lipinski definition) is 2. The van der Waals surface area contributed by atoms with Gasteiger partial charge in [0.15, 0.2) is 0 Å². The molecule has 1 aromatic heterocycles. The minimum atomic E-state index is -3.72. The van der Waals surface area contributed by atoms with E-state index in [4.69, 9.17) is 0 Å². The average molecular weight is 343 g/mol. The first-order valence-electron chi connectivity index (χ1n) is 7.71. The number of carbonyl (C=O) groups excluding carboxylic acids is 1. The first-order valence-corrected chi connectivity index (χ1v) is 9.15. The molecule has 2 N–H and O–H groups in total. The van der Waals surface area contributed by atoms with Gasteiger partial charge >= 0.3 is 0 Å². The number of hydrogen-bond acceptors (Lipinski definition) is 4. The molecule has 0 spiro atoms. The maximum atomic E-state index is 12.5. The number of carbonyl (C=O) groups is 1. The predicted molar refractivity (Wildman–Crippen MR) is 86.8 cm³/mol. The van der Waals surface area contributed by atoms with Crippen LogP contribution >= 0.6 is 0 Å². The lowest BCUT2D eigenvalue weighted by Crippen LogP contribution is -2.58. The van der Waals surface area contributed by atoms with E-state index in [9.17, 15) is 13.2 Å². The summed E-state index contributed by atoms with van der Waals surface area (Å²) in [5, 5.41) is 7.12. The number of aromatic nitrogens is 2. The SMILES string of the molecule is CC[C@H](C)NC(=O)[C@@H]1C[C@@H](c2cn(C)nc2C)NS(=O)(=O)N1C. The lowest BCUT2D eigenvalue weighted by Gasteiger charge is -2.36. The fourth-order valence-corrected chi connectivity index (χ4v) is 3.98. The van der Waals surface area contributed by atoms with Crippen molar-refractivity contribution in [1.29, 1.82) is 0 Å². The molecule has 8 nitrogen and oxygen atoms in total. The van der Waals surface area contributed by atoms with Crippen LogP contribution in [-0.4, -0.2) is 47.5 Å². The molecule has 3 atom stereocenters. The van der Waals surface area contributed by atoms with E-state index in [1.165, 1.54) is 7.05 Å². The monoisotopic (exact) mass is 343 g/mol. The van der Waals surface area contributed by atoms with Crippen LogP contribution in [0.25, 0.3) is 0 Å². The fourth-order valence-electron chi connectivity index (χ4n) is 2.71. The van der Waals surface area contributed by atoms with Crippen molar-refractivity contribution in [2.45, 2.75) is 51.7 Å². The van der Waals surface area contributed by atoms with Crippen LogP contribution in [0.1, 0.15) is 44.0 Å². The zero-order valence-corrected chi connectivity index (χ0v) is 15.0. The lowest BCUT2D eigenvalue weighted by atomic mass is 10.00. The number of likely N-dealkylation sites (N-methyl/N-ethyl adjacent to an activating group) is 1. The Morgan fingerprint density at radius 2 is 2.17 bits per heavy atom. The Bertz CT molecular complexity index is 685. The third-order valence-electron chi connectivity index (χ3n) is 4.30. The van der Waals surface area contributed by atoms with Gasteiger partial charge in [0.1, 0.15) is 6.04 Å². The summed E-state index contributed by atoms with van der Waals surface area (Å²) in [6, 6.07) is -1.19. The van der Waals surface area contributed by atoms with Crippen LogP contribution in [0.2, 0.25) is 0 Å². The van der Waals surface area contributed by atoms with Crippen molar-refractivity contribution in [2.24, 2.45) is 7.05 Å². The maximum absolute atomic E-state index is 12.5. The molecule has 9 heteroatoms. The van der Waals surface area contributed by atoms with E-state index in [0.29, 0.717) is 6.42 Å². The van der Waals surface area contributed by atoms with Gasteiger partial charge in [-0.05, 0) is 26.7 Å². The molecule has 1 amide bonds. The van der Waals surface area contributed by atoms with Crippen molar-refractivity contribution < 1.29 is 13.2 Å². The third-order valence-corrected chi connectivity index (χ3v) is 5.89. The van der Waals surface area contributed by atoms with Gasteiger partial charge in [-0.25, -0.2) is 0 Å². The van der Waals surface area contributed by atoms with Crippen LogP contribution in [0.15, 0.2) is 6.20 Å². The normalized spacial score (nSPS) is 26.0. The molecule has 2 rings (SSSR count). The molecule has 130 valence electrons. The van der Waals surface area contributed by atoms with Crippen LogP contribution in [0, 0.1) is 6.92 Å². The van der Waals surface area contributed by atoms with Crippen molar-refractivity contribution in [3.05, 3.63) is 17.5 Å². The molecule has 1 saturated heterocycles. The van der Waals surface area contributed by atoms with E-state index in [-0.39, 0.29) is 11.9 Å². The Balaban J connectivity index is 2.28. The minimum absolute atomic E-state index is 0.00654. The maximum Gasteiger partial charge on any atom is 0.280 e. The molecule has 1 aliphatic rings. The van der Waals surface area contributed by atoms with Crippen LogP contribution in [-0.2, 0) is 22.1 Å². The van der Waals surface area contributed by atoms with E-state index in [2.05, 4.69) is 15.1 Å². The Morgan fingerprint density at radius 3 is 2.70 bits per heavy atom. The number of nitrogens with zero attached hydrogens (tertiary/aromatic N) is 3. The highest BCUT2D eigenvalue weighted by Crippen LogP contribution is 2.29. The topological polar surface area (TPSA) is 96.3 Å². The number of rotatable bonds is 4. The van der Waals surface area contributed by atoms with Crippen LogP contribution < -0.4 is 10.0 Å². The molecule has 1 fully saturated rings. The largest absolute Gasteiger partial charge is 0.352 e. The zero-order chi connectivity index (χ0) is 17.4. The predicted octanol–water partition coefficient (Wildman–Crippen LogP) is 0.223. The summed E-state index contributed by atoms with van der Waals surface area (Å²) in [5.74, 6) is -0.265. The van der Waals surface area contributed by atoms with Gasteiger partial charge in [0, 0.05) is 31.9 Å². The standard InChI is InChI=1S/C14H25N5O3S/c1-6-9(2)15-14(20)13-7-12(17-23(21,22)19(13)5)11-8-18(4)16-10(11)3/h8-9,12-13,17H,6-7H2,1-5H3,(H,15,20)/t9-,12-,13-/m0/s1. The highest BCUT2D eigenvalue weighted by atomic mass is 32.2. The van der Waals surface area contributed by atoms with Gasteiger partial charge in [0.25, 0.3) is 10.2 Å². The smallest absolute Gasteiger partial charge is 0.280 e. The highest BCUT2D eigenvalue weighted by molar-refractivity contribution is 7.87. The zero-order valence-electron chi connectivity index (χ0n) is 14.2. The summed E-state index contributed by atoms with van der Waals surface area (Å²) in [6.07, 6.45) is 2.94. The first kappa shape index (κ1) is 17.9. The van der Waals surface area contributed by atoms with Crippen molar-refractivity contribution in [3.63, 3.8) is 0 Å². The molecule has 0 aromatic carbocycles. The van der Waals surface area contributed by atoms with Crippen LogP contribution in [0.3, 0.4) is 0 Å². The summed E-state index contributed by atoms with van der Waals surface area (Å²) < 4.78 is 30.1. The molecule has 1 aliphatic heterocycles. The Hall–Kier alpha value is -1.45. The van der Waals surface area contributed by atoms with Gasteiger partial charge in [-0.3, -0.25) is 9.48 Å². The molecule has 2 heterocycles. The van der Waals surface area contributed by atoms with Crippen molar-refractivity contribution >= 4 is 16.1 Å². The molecule has 1 aromatic rings. The molecule has 0 aliphatic carbocycles. The van der Waals surface area contributed by atoms with E-state index in [1.54, 1.807) is 17.9 Å². The van der Waals surface area contributed by atoms with Crippen molar-refractivity contribution in [1.82, 2.24) is 24.1 Å². The van der Waals surface area contributed by atoms with Gasteiger partial charge < -0.3 is 5.32 Å². The molecule has 0 saturated carbocycles. The van der Waals surface area contributed by atoms with Gasteiger partial charge in [-0.15, -0.1) is 0 Å². The van der Waals surface area contributed by atoms with Crippen molar-refractivity contribution in [3.8, 4) is 0 Å². The molecule has 0 radical (unpaired) electrons. The average Bonchev–Trinajstić information content (AvgIpc) is 2.80. The second kappa shape index (κ2) is 6.58. The molecular weight excluding hydrogens is 318 g/mol. The molecule has 0 unspecified atom stereocenters. The Morgan fingerprint density at radius 1 is 1.52 bits per heavy atom. The third kappa shape index (κ3) is 3.73. The van der Waals surface area contributed by atoms with E-state index < -0.39 is 22.3 Å². The Kier molecular flexibility index (Phi) is 5.12. The van der Waals surface area contributed by atoms with Gasteiger partial charge in [0.2, 0.25) is 5.91 Å². The summed E-state index contributed by atoms with van der Waals surface area (Å²) in [6.45, 7) is 5.70. The van der Waals surface area contributed by atoms with Gasteiger partial charge in [-0.2, -0.15) is 22.5 Å². The van der Waals surface area contributed by atoms with Crippen LogP contribution in [0.5, 0.6) is 0 Å². The minimum Gasteiger partial charge on any atom is -0.352 e. The number of aryl methyl sites for hydroxylation is 2. The molecular formula is C14H25N5O3S. The summed E-state index contributed by atoms with van der Waals surface area (Å²) in [5.41, 5.74) is 1.55. The highest BCUT2D eigenvalue weighted by Gasteiger charge is 2.41. The summed E-state index contributed by atoms with van der Waals surface area (Å²) >= 11 is 0. The first-order chi connectivity index (χ1) is 10.7. The van der Waals surface area contributed by atoms with E-state index in [1.807, 2.05) is 20.8 Å². The molecule has 0 bridgehead atoms. The van der Waals surface area contributed by atoms with Gasteiger partial charge in [0.05, 0.1) is 11.7 Å². The van der Waals surface area contributed by atoms with E-state index >= 15 is 0 Å². The molecule has 23 heavy (non-hydrogen) atoms. The summed E-state index contributed by atoms with van der Waals surface area (Å²) in [7, 11) is -0.507. The quantitative estimate of drug-likeness (QED) is 0.817.